The van der Waals surface area contributed by atoms with E-state index >= 15 is 0 Å². The molecule has 0 aliphatic heterocycles. The van der Waals surface area contributed by atoms with Crippen LogP contribution >= 0.6 is 0 Å². The van der Waals surface area contributed by atoms with Crippen LogP contribution in [0.3, 0.4) is 0 Å². The van der Waals surface area contributed by atoms with E-state index in [1.807, 2.05) is 0 Å². The Balaban J connectivity index is -0.000000109. The van der Waals surface area contributed by atoms with Gasteiger partial charge in [0.25, 0.3) is 0 Å². The Kier molecular flexibility index (Phi) is 50.3. The number of ether oxygens (including phenoxy) is 1. The zero-order chi connectivity index (χ0) is 9.54. The molecule has 0 heterocycles. The van der Waals surface area contributed by atoms with E-state index in [1.165, 1.54) is 0 Å². The molecule has 0 atom stereocenters. The van der Waals surface area contributed by atoms with Crippen molar-refractivity contribution in [2.75, 3.05) is 12.8 Å². The van der Waals surface area contributed by atoms with E-state index in [2.05, 4.69) is 41.8 Å². The second kappa shape index (κ2) is 31.9. The van der Waals surface area contributed by atoms with Crippen LogP contribution in [0.4, 0.5) is 0 Å². The molecule has 0 radical (unpaired) electrons. The molecule has 0 aliphatic rings. The summed E-state index contributed by atoms with van der Waals surface area (Å²) in [6.45, 7) is 11.4. The van der Waals surface area contributed by atoms with Gasteiger partial charge in [0, 0.05) is 15.7 Å². The predicted molar refractivity (Wildman–Crippen MR) is 45.8 cm³/mol. The summed E-state index contributed by atoms with van der Waals surface area (Å²) in [5.41, 5.74) is 0. The van der Waals surface area contributed by atoms with Crippen molar-refractivity contribution in [1.82, 2.24) is 0 Å². The fourth-order valence-electron chi connectivity index (χ4n) is 0.246. The third-order valence-electron chi connectivity index (χ3n) is 0.493. The van der Waals surface area contributed by atoms with E-state index in [1.54, 1.807) is 6.92 Å². The molecular formula is C7H16CoO2Si-2. The van der Waals surface area contributed by atoms with Crippen LogP contribution in [0.15, 0.2) is 6.58 Å². The monoisotopic (exact) mass is 219 g/mol. The topological polar surface area (TPSA) is 26.3 Å². The molecule has 2 nitrogen and oxygen atoms in total. The first kappa shape index (κ1) is 17.3. The summed E-state index contributed by atoms with van der Waals surface area (Å²) in [6, 6.07) is 0. The Morgan fingerprint density at radius 3 is 2.18 bits per heavy atom. The predicted octanol–water partition coefficient (Wildman–Crippen LogP) is 0.886. The quantitative estimate of drug-likeness (QED) is 0.400. The Morgan fingerprint density at radius 1 is 1.73 bits per heavy atom. The zero-order valence-corrected chi connectivity index (χ0v) is 9.64. The van der Waals surface area contributed by atoms with E-state index in [0.29, 0.717) is 6.61 Å². The van der Waals surface area contributed by atoms with Gasteiger partial charge in [-0.25, -0.2) is 0 Å². The zero-order valence-electron chi connectivity index (χ0n) is 7.19. The van der Waals surface area contributed by atoms with Gasteiger partial charge in [0.2, 0.25) is 0 Å². The number of hydrogen-bond acceptors (Lipinski definition) is 2. The van der Waals surface area contributed by atoms with Crippen LogP contribution < -0.4 is 0 Å². The molecule has 0 saturated carbocycles. The maximum atomic E-state index is 7.94. The third-order valence-corrected chi connectivity index (χ3v) is 1.19. The summed E-state index contributed by atoms with van der Waals surface area (Å²) in [7, 11) is 0.141. The second-order valence-electron chi connectivity index (χ2n) is 1.47. The van der Waals surface area contributed by atoms with Crippen LogP contribution in [-0.2, 0) is 24.3 Å². The average molecular weight is 219 g/mol. The van der Waals surface area contributed by atoms with Gasteiger partial charge in [0.15, 0.2) is 0 Å². The summed E-state index contributed by atoms with van der Waals surface area (Å²) >= 11 is 2.31. The van der Waals surface area contributed by atoms with Gasteiger partial charge in [0.05, 0.1) is 0 Å². The molecule has 0 rings (SSSR count). The molecule has 11 heavy (non-hydrogen) atoms. The first-order valence-corrected chi connectivity index (χ1v) is 6.11. The normalized spacial score (nSPS) is 7.64. The van der Waals surface area contributed by atoms with Crippen molar-refractivity contribution < 1.29 is 24.3 Å². The third kappa shape index (κ3) is 66.5. The van der Waals surface area contributed by atoms with Gasteiger partial charge in [0.1, 0.15) is 0 Å². The van der Waals surface area contributed by atoms with Gasteiger partial charge in [-0.1, -0.05) is 13.2 Å². The van der Waals surface area contributed by atoms with Crippen LogP contribution in [0.1, 0.15) is 6.92 Å². The van der Waals surface area contributed by atoms with Crippen LogP contribution in [0.2, 0.25) is 6.55 Å². The van der Waals surface area contributed by atoms with Crippen molar-refractivity contribution >= 4 is 9.52 Å². The SMILES string of the molecule is C=[C-]C.[CH2-]COC[SiH2]C.[O]=[Co]. The second-order valence-corrected chi connectivity index (χ2v) is 2.87. The molecule has 4 heteroatoms. The van der Waals surface area contributed by atoms with Crippen molar-refractivity contribution in [1.29, 1.82) is 0 Å². The fraction of sp³-hybridized carbons (Fsp3) is 0.571. The van der Waals surface area contributed by atoms with E-state index in [4.69, 9.17) is 8.60 Å². The molecule has 0 bridgehead atoms. The van der Waals surface area contributed by atoms with Crippen LogP contribution in [0, 0.1) is 13.0 Å². The van der Waals surface area contributed by atoms with Gasteiger partial charge in [-0.15, -0.1) is 0 Å². The molecule has 0 saturated heterocycles. The molecule has 0 unspecified atom stereocenters. The fourth-order valence-corrected chi connectivity index (χ4v) is 0.739. The molecule has 0 aromatic rings. The minimum atomic E-state index is 0.141. The Morgan fingerprint density at radius 2 is 2.09 bits per heavy atom. The van der Waals surface area contributed by atoms with Crippen molar-refractivity contribution in [2.24, 2.45) is 0 Å². The Labute approximate surface area is 80.0 Å². The molecule has 0 spiro atoms. The molecule has 0 N–H and O–H groups in total. The van der Waals surface area contributed by atoms with Gasteiger partial charge in [-0.3, -0.25) is 6.58 Å². The summed E-state index contributed by atoms with van der Waals surface area (Å²) in [5.74, 6) is 0. The van der Waals surface area contributed by atoms with Gasteiger partial charge < -0.3 is 17.7 Å². The summed E-state index contributed by atoms with van der Waals surface area (Å²) in [6.07, 6.45) is 3.49. The van der Waals surface area contributed by atoms with E-state index < -0.39 is 0 Å². The van der Waals surface area contributed by atoms with Crippen molar-refractivity contribution in [3.8, 4) is 0 Å². The van der Waals surface area contributed by atoms with Gasteiger partial charge >= 0.3 is 19.5 Å². The summed E-state index contributed by atoms with van der Waals surface area (Å²) in [5, 5.41) is 0. The summed E-state index contributed by atoms with van der Waals surface area (Å²) < 4.78 is 12.9. The van der Waals surface area contributed by atoms with Crippen molar-refractivity contribution in [2.45, 2.75) is 13.5 Å². The van der Waals surface area contributed by atoms with Crippen molar-refractivity contribution in [3.63, 3.8) is 0 Å². The first-order valence-electron chi connectivity index (χ1n) is 3.27. The van der Waals surface area contributed by atoms with Crippen LogP contribution in [-0.4, -0.2) is 22.4 Å². The van der Waals surface area contributed by atoms with Crippen LogP contribution in [0.25, 0.3) is 0 Å². The molecule has 0 aromatic heterocycles. The molecule has 0 aromatic carbocycles. The Hall–Kier alpha value is 0.223. The molecular weight excluding hydrogens is 203 g/mol. The molecule has 0 aliphatic carbocycles. The Bertz CT molecular complexity index is 58.4. The molecule has 0 amide bonds. The molecule has 71 valence electrons. The molecule has 0 fully saturated rings. The standard InChI is InChI=1S/C4H11OSi.C3H5.Co.O/c1-3-5-4-6-2;1-3-2;;/h1,3-4,6H2,2H3;1H2,2H3;;/q2*-1;;. The van der Waals surface area contributed by atoms with E-state index in [9.17, 15) is 0 Å². The average Bonchev–Trinajstić information content (AvgIpc) is 2.06. The van der Waals surface area contributed by atoms with E-state index in [-0.39, 0.29) is 9.52 Å². The van der Waals surface area contributed by atoms with Gasteiger partial charge in [-0.05, 0) is 0 Å². The minimum absolute atomic E-state index is 0.141. The number of hydrogen-bond donors (Lipinski definition) is 0. The van der Waals surface area contributed by atoms with Crippen molar-refractivity contribution in [3.05, 3.63) is 19.6 Å². The number of allylic oxidation sites excluding steroid dienone is 1. The van der Waals surface area contributed by atoms with Gasteiger partial charge in [-0.2, -0.15) is 6.92 Å². The maximum absolute atomic E-state index is 7.94. The van der Waals surface area contributed by atoms with E-state index in [0.717, 1.165) is 6.23 Å². The number of rotatable bonds is 3. The first-order chi connectivity index (χ1) is 5.33. The van der Waals surface area contributed by atoms with Crippen LogP contribution in [0.5, 0.6) is 0 Å². The summed E-state index contributed by atoms with van der Waals surface area (Å²) in [4.78, 5) is 0.